The number of thiophene rings is 1. The maximum atomic E-state index is 12.0. The van der Waals surface area contributed by atoms with Crippen LogP contribution in [-0.4, -0.2) is 25.2 Å². The smallest absolute Gasteiger partial charge is 0.245 e. The van der Waals surface area contributed by atoms with Crippen LogP contribution < -0.4 is 4.72 Å². The number of nitrogens with one attached hydrogen (secondary N) is 1. The lowest BCUT2D eigenvalue weighted by Gasteiger charge is -2.21. The topological polar surface area (TPSA) is 92.4 Å². The molecule has 0 aliphatic carbocycles. The molecule has 0 fully saturated rings. The molecule has 0 spiro atoms. The van der Waals surface area contributed by atoms with Crippen molar-refractivity contribution in [1.82, 2.24) is 9.88 Å². The first kappa shape index (κ1) is 15.2. The Hall–Kier alpha value is -1.74. The molecule has 2 heterocycles. The van der Waals surface area contributed by atoms with Crippen molar-refractivity contribution in [2.75, 3.05) is 6.54 Å². The highest BCUT2D eigenvalue weighted by molar-refractivity contribution is 7.89. The Labute approximate surface area is 131 Å². The summed E-state index contributed by atoms with van der Waals surface area (Å²) in [5, 5.41) is 15.0. The molecule has 3 rings (SSSR count). The summed E-state index contributed by atoms with van der Waals surface area (Å²) in [7, 11) is -3.75. The predicted molar refractivity (Wildman–Crippen MR) is 83.1 cm³/mol. The first-order valence-electron chi connectivity index (χ1n) is 6.49. The summed E-state index contributed by atoms with van der Waals surface area (Å²) < 4.78 is 32.0. The molecule has 0 amide bonds. The van der Waals surface area contributed by atoms with Crippen LogP contribution in [0, 0.1) is 0 Å². The van der Waals surface area contributed by atoms with E-state index in [0.717, 1.165) is 22.5 Å². The van der Waals surface area contributed by atoms with Crippen molar-refractivity contribution in [1.29, 1.82) is 0 Å². The van der Waals surface area contributed by atoms with Gasteiger partial charge in [-0.15, -0.1) is 11.3 Å². The van der Waals surface area contributed by atoms with E-state index >= 15 is 0 Å². The number of benzene rings is 1. The van der Waals surface area contributed by atoms with E-state index in [1.807, 2.05) is 30.3 Å². The molecule has 3 aromatic rings. The molecule has 1 atom stereocenters. The van der Waals surface area contributed by atoms with Gasteiger partial charge in [0.2, 0.25) is 10.0 Å². The van der Waals surface area contributed by atoms with Crippen LogP contribution in [-0.2, 0) is 15.6 Å². The fourth-order valence-electron chi connectivity index (χ4n) is 1.98. The highest BCUT2D eigenvalue weighted by Crippen LogP contribution is 2.33. The molecule has 6 nitrogen and oxygen atoms in total. The zero-order valence-electron chi connectivity index (χ0n) is 11.7. The Morgan fingerprint density at radius 2 is 2.18 bits per heavy atom. The molecule has 1 aromatic carbocycles. The number of rotatable bonds is 5. The van der Waals surface area contributed by atoms with Crippen molar-refractivity contribution in [3.05, 3.63) is 47.7 Å². The molecule has 0 aliphatic heterocycles. The van der Waals surface area contributed by atoms with Crippen molar-refractivity contribution < 1.29 is 18.0 Å². The van der Waals surface area contributed by atoms with Gasteiger partial charge >= 0.3 is 0 Å². The molecule has 1 unspecified atom stereocenters. The van der Waals surface area contributed by atoms with Crippen molar-refractivity contribution in [3.63, 3.8) is 0 Å². The number of aromatic nitrogens is 1. The van der Waals surface area contributed by atoms with Gasteiger partial charge in [-0.25, -0.2) is 13.1 Å². The van der Waals surface area contributed by atoms with Crippen LogP contribution in [0.4, 0.5) is 0 Å². The van der Waals surface area contributed by atoms with Gasteiger partial charge in [0.15, 0.2) is 0 Å². The third-order valence-electron chi connectivity index (χ3n) is 3.28. The minimum Gasteiger partial charge on any atom is -0.383 e. The van der Waals surface area contributed by atoms with Gasteiger partial charge in [0.05, 0.1) is 6.20 Å². The van der Waals surface area contributed by atoms with Crippen molar-refractivity contribution in [2.45, 2.75) is 17.4 Å². The molecule has 22 heavy (non-hydrogen) atoms. The van der Waals surface area contributed by atoms with Gasteiger partial charge < -0.3 is 9.63 Å². The molecule has 2 N–H and O–H groups in total. The van der Waals surface area contributed by atoms with Gasteiger partial charge in [-0.05, 0) is 24.4 Å². The molecular weight excluding hydrogens is 324 g/mol. The number of hydrogen-bond donors (Lipinski definition) is 2. The van der Waals surface area contributed by atoms with E-state index < -0.39 is 15.6 Å². The van der Waals surface area contributed by atoms with Gasteiger partial charge in [0, 0.05) is 16.1 Å². The van der Waals surface area contributed by atoms with Gasteiger partial charge in [-0.2, -0.15) is 0 Å². The largest absolute Gasteiger partial charge is 0.383 e. The van der Waals surface area contributed by atoms with E-state index in [1.165, 1.54) is 11.3 Å². The molecule has 0 aliphatic rings. The molecule has 0 saturated heterocycles. The summed E-state index contributed by atoms with van der Waals surface area (Å²) in [5.41, 5.74) is -1.31. The maximum Gasteiger partial charge on any atom is 0.245 e. The van der Waals surface area contributed by atoms with Gasteiger partial charge in [0.1, 0.15) is 16.8 Å². The van der Waals surface area contributed by atoms with Crippen LogP contribution in [0.5, 0.6) is 0 Å². The molecular formula is C14H14N2O4S2. The molecule has 8 heteroatoms. The Balaban J connectivity index is 1.81. The highest BCUT2D eigenvalue weighted by Gasteiger charge is 2.28. The SMILES string of the molecule is CC(O)(CNS(=O)(=O)c1cnoc1)c1cc2ccccc2s1. The van der Waals surface area contributed by atoms with Crippen LogP contribution in [0.3, 0.4) is 0 Å². The maximum absolute atomic E-state index is 12.0. The summed E-state index contributed by atoms with van der Waals surface area (Å²) in [6.45, 7) is 1.43. The van der Waals surface area contributed by atoms with E-state index in [0.29, 0.717) is 4.88 Å². The molecule has 0 radical (unpaired) electrons. The van der Waals surface area contributed by atoms with Gasteiger partial charge in [-0.1, -0.05) is 23.4 Å². The molecule has 0 bridgehead atoms. The predicted octanol–water partition coefficient (Wildman–Crippen LogP) is 2.08. The summed E-state index contributed by atoms with van der Waals surface area (Å²) in [6.07, 6.45) is 2.15. The Kier molecular flexibility index (Phi) is 3.77. The number of sulfonamides is 1. The van der Waals surface area contributed by atoms with E-state index in [1.54, 1.807) is 6.92 Å². The zero-order chi connectivity index (χ0) is 15.8. The van der Waals surface area contributed by atoms with Crippen LogP contribution in [0.15, 0.2) is 52.2 Å². The molecule has 0 saturated carbocycles. The third kappa shape index (κ3) is 2.91. The first-order chi connectivity index (χ1) is 10.4. The quantitative estimate of drug-likeness (QED) is 0.743. The third-order valence-corrected chi connectivity index (χ3v) is 6.00. The normalized spacial score (nSPS) is 15.0. The van der Waals surface area contributed by atoms with Crippen molar-refractivity contribution in [2.24, 2.45) is 0 Å². The molecule has 116 valence electrons. The lowest BCUT2D eigenvalue weighted by molar-refractivity contribution is 0.0666. The van der Waals surface area contributed by atoms with Crippen LogP contribution in [0.1, 0.15) is 11.8 Å². The summed E-state index contributed by atoms with van der Waals surface area (Å²) in [6, 6.07) is 9.62. The Morgan fingerprint density at radius 3 is 2.86 bits per heavy atom. The minimum atomic E-state index is -3.75. The fraction of sp³-hybridized carbons (Fsp3) is 0.214. The van der Waals surface area contributed by atoms with Crippen LogP contribution in [0.25, 0.3) is 10.1 Å². The standard InChI is InChI=1S/C14H14N2O4S2/c1-14(17,9-16-22(18,19)11-7-15-20-8-11)13-6-10-4-2-3-5-12(10)21-13/h2-8,16-17H,9H2,1H3. The average Bonchev–Trinajstić information content (AvgIpc) is 3.14. The van der Waals surface area contributed by atoms with E-state index in [9.17, 15) is 13.5 Å². The first-order valence-corrected chi connectivity index (χ1v) is 8.79. The van der Waals surface area contributed by atoms with Crippen molar-refractivity contribution >= 4 is 31.4 Å². The van der Waals surface area contributed by atoms with E-state index in [2.05, 4.69) is 14.4 Å². The highest BCUT2D eigenvalue weighted by atomic mass is 32.2. The Bertz CT molecular complexity index is 850. The van der Waals surface area contributed by atoms with Gasteiger partial charge in [0.25, 0.3) is 0 Å². The number of nitrogens with zero attached hydrogens (tertiary/aromatic N) is 1. The fourth-order valence-corrected chi connectivity index (χ4v) is 4.08. The number of aliphatic hydroxyl groups is 1. The van der Waals surface area contributed by atoms with Crippen LogP contribution >= 0.6 is 11.3 Å². The minimum absolute atomic E-state index is 0.0698. The summed E-state index contributed by atoms with van der Waals surface area (Å²) >= 11 is 1.44. The monoisotopic (exact) mass is 338 g/mol. The lowest BCUT2D eigenvalue weighted by Crippen LogP contribution is -2.37. The lowest BCUT2D eigenvalue weighted by atomic mass is 10.1. The average molecular weight is 338 g/mol. The van der Waals surface area contributed by atoms with E-state index in [4.69, 9.17) is 0 Å². The van der Waals surface area contributed by atoms with E-state index in [-0.39, 0.29) is 11.4 Å². The van der Waals surface area contributed by atoms with Crippen LogP contribution in [0.2, 0.25) is 0 Å². The zero-order valence-corrected chi connectivity index (χ0v) is 13.3. The Morgan fingerprint density at radius 1 is 1.41 bits per heavy atom. The van der Waals surface area contributed by atoms with Gasteiger partial charge in [-0.3, -0.25) is 0 Å². The summed E-state index contributed by atoms with van der Waals surface area (Å²) in [5.74, 6) is 0. The number of fused-ring (bicyclic) bond motifs is 1. The molecule has 2 aromatic heterocycles. The number of hydrogen-bond acceptors (Lipinski definition) is 6. The summed E-state index contributed by atoms with van der Waals surface area (Å²) in [4.78, 5) is 0.626. The second-order valence-corrected chi connectivity index (χ2v) is 7.96. The van der Waals surface area contributed by atoms with Crippen molar-refractivity contribution in [3.8, 4) is 0 Å². The second-order valence-electron chi connectivity index (χ2n) is 5.11. The second kappa shape index (κ2) is 5.47.